The van der Waals surface area contributed by atoms with Gasteiger partial charge in [0.15, 0.2) is 11.4 Å². The highest BCUT2D eigenvalue weighted by atomic mass is 16.5. The summed E-state index contributed by atoms with van der Waals surface area (Å²) in [5, 5.41) is 1.08. The minimum absolute atomic E-state index is 0.100. The molecule has 0 aliphatic rings. The summed E-state index contributed by atoms with van der Waals surface area (Å²) in [4.78, 5) is 33.9. The van der Waals surface area contributed by atoms with E-state index in [0.29, 0.717) is 39.2 Å². The second-order valence-corrected chi connectivity index (χ2v) is 6.54. The van der Waals surface area contributed by atoms with Crippen molar-refractivity contribution in [1.82, 2.24) is 18.9 Å². The zero-order valence-corrected chi connectivity index (χ0v) is 15.0. The van der Waals surface area contributed by atoms with Gasteiger partial charge in [-0.1, -0.05) is 12.1 Å². The molecule has 7 nitrogen and oxygen atoms in total. The van der Waals surface area contributed by atoms with Gasteiger partial charge in [-0.25, -0.2) is 14.4 Å². The van der Waals surface area contributed by atoms with E-state index in [4.69, 9.17) is 4.74 Å². The SMILES string of the molecule is CC(=O)Oc1cn(C(C)C)c2nc(C)n3c(=O)c4ccccc4nc3c12. The molecule has 0 saturated carbocycles. The van der Waals surface area contributed by atoms with Crippen LogP contribution in [0.25, 0.3) is 27.6 Å². The third-order valence-electron chi connectivity index (χ3n) is 4.37. The van der Waals surface area contributed by atoms with Crippen molar-refractivity contribution in [2.75, 3.05) is 0 Å². The molecule has 3 heterocycles. The molecule has 1 aromatic carbocycles. The smallest absolute Gasteiger partial charge is 0.308 e. The normalized spacial score (nSPS) is 11.7. The van der Waals surface area contributed by atoms with Crippen LogP contribution in [0.3, 0.4) is 0 Å². The molecule has 132 valence electrons. The highest BCUT2D eigenvalue weighted by molar-refractivity contribution is 5.99. The van der Waals surface area contributed by atoms with Gasteiger partial charge in [0.25, 0.3) is 5.56 Å². The van der Waals surface area contributed by atoms with Gasteiger partial charge in [-0.3, -0.25) is 9.59 Å². The topological polar surface area (TPSA) is 78.5 Å². The third-order valence-corrected chi connectivity index (χ3v) is 4.37. The molecule has 0 fully saturated rings. The number of hydrogen-bond donors (Lipinski definition) is 0. The monoisotopic (exact) mass is 350 g/mol. The van der Waals surface area contributed by atoms with Gasteiger partial charge in [0, 0.05) is 19.2 Å². The molecule has 4 aromatic rings. The highest BCUT2D eigenvalue weighted by Crippen LogP contribution is 2.32. The molecule has 0 bridgehead atoms. The maximum Gasteiger partial charge on any atom is 0.308 e. The lowest BCUT2D eigenvalue weighted by atomic mass is 10.2. The Labute approximate surface area is 148 Å². The number of fused-ring (bicyclic) bond motifs is 4. The van der Waals surface area contributed by atoms with Crippen LogP contribution in [0.15, 0.2) is 35.3 Å². The summed E-state index contributed by atoms with van der Waals surface area (Å²) in [5.74, 6) is 0.452. The molecule has 0 N–H and O–H groups in total. The zero-order chi connectivity index (χ0) is 18.6. The average molecular weight is 350 g/mol. The van der Waals surface area contributed by atoms with Crippen molar-refractivity contribution in [1.29, 1.82) is 0 Å². The molecule has 0 unspecified atom stereocenters. The van der Waals surface area contributed by atoms with Gasteiger partial charge in [0.1, 0.15) is 16.9 Å². The maximum atomic E-state index is 13.0. The molecule has 7 heteroatoms. The molecule has 0 aliphatic carbocycles. The first kappa shape index (κ1) is 16.3. The lowest BCUT2D eigenvalue weighted by Gasteiger charge is -2.11. The van der Waals surface area contributed by atoms with Crippen molar-refractivity contribution < 1.29 is 9.53 Å². The fourth-order valence-corrected chi connectivity index (χ4v) is 3.24. The van der Waals surface area contributed by atoms with Crippen LogP contribution in [0.5, 0.6) is 5.75 Å². The number of aromatic nitrogens is 4. The van der Waals surface area contributed by atoms with Crippen molar-refractivity contribution in [3.8, 4) is 5.75 Å². The second kappa shape index (κ2) is 5.66. The molecule has 3 aromatic heterocycles. The summed E-state index contributed by atoms with van der Waals surface area (Å²) in [7, 11) is 0. The van der Waals surface area contributed by atoms with Gasteiger partial charge < -0.3 is 9.30 Å². The molecule has 0 saturated heterocycles. The van der Waals surface area contributed by atoms with Crippen molar-refractivity contribution in [2.45, 2.75) is 33.7 Å². The van der Waals surface area contributed by atoms with Crippen molar-refractivity contribution in [3.05, 3.63) is 46.6 Å². The van der Waals surface area contributed by atoms with Crippen molar-refractivity contribution in [2.24, 2.45) is 0 Å². The summed E-state index contributed by atoms with van der Waals surface area (Å²) in [5.41, 5.74) is 1.47. The number of benzene rings is 1. The summed E-state index contributed by atoms with van der Waals surface area (Å²) in [6, 6.07) is 7.28. The van der Waals surface area contributed by atoms with Gasteiger partial charge >= 0.3 is 5.97 Å². The predicted octanol–water partition coefficient (Wildman–Crippen LogP) is 3.01. The molecule has 4 rings (SSSR count). The van der Waals surface area contributed by atoms with Crippen LogP contribution < -0.4 is 10.3 Å². The molecule has 0 atom stereocenters. The Hall–Kier alpha value is -3.22. The Morgan fingerprint density at radius 2 is 1.88 bits per heavy atom. The number of hydrogen-bond acceptors (Lipinski definition) is 5. The van der Waals surface area contributed by atoms with Crippen molar-refractivity contribution in [3.63, 3.8) is 0 Å². The van der Waals surface area contributed by atoms with Crippen LogP contribution in [-0.4, -0.2) is 24.9 Å². The van der Waals surface area contributed by atoms with E-state index in [-0.39, 0.29) is 11.6 Å². The number of ether oxygens (including phenoxy) is 1. The predicted molar refractivity (Wildman–Crippen MR) is 98.7 cm³/mol. The minimum atomic E-state index is -0.435. The van der Waals surface area contributed by atoms with Crippen LogP contribution in [-0.2, 0) is 4.79 Å². The summed E-state index contributed by atoms with van der Waals surface area (Å²) in [6.07, 6.45) is 1.74. The number of carbonyl (C=O) groups excluding carboxylic acids is 1. The van der Waals surface area contributed by atoms with Gasteiger partial charge in [-0.15, -0.1) is 0 Å². The fourth-order valence-electron chi connectivity index (χ4n) is 3.24. The van der Waals surface area contributed by atoms with Crippen LogP contribution in [0.2, 0.25) is 0 Å². The molecule has 26 heavy (non-hydrogen) atoms. The standard InChI is InChI=1S/C19H18N4O3/c1-10(2)22-9-15(26-12(4)24)16-17(22)20-11(3)23-18(16)21-14-8-6-5-7-13(14)19(23)25/h5-10H,1-4H3. The first-order chi connectivity index (χ1) is 12.4. The fraction of sp³-hybridized carbons (Fsp3) is 0.263. The number of rotatable bonds is 2. The number of aryl methyl sites for hydroxylation is 1. The van der Waals surface area contributed by atoms with Gasteiger partial charge in [0.05, 0.1) is 10.9 Å². The molecule has 0 radical (unpaired) electrons. The summed E-state index contributed by atoms with van der Waals surface area (Å²) in [6.45, 7) is 7.14. The lowest BCUT2D eigenvalue weighted by molar-refractivity contribution is -0.131. The third kappa shape index (κ3) is 2.28. The van der Waals surface area contributed by atoms with E-state index in [1.165, 1.54) is 11.3 Å². The van der Waals surface area contributed by atoms with E-state index >= 15 is 0 Å². The maximum absolute atomic E-state index is 13.0. The Bertz CT molecular complexity index is 1250. The van der Waals surface area contributed by atoms with E-state index in [9.17, 15) is 9.59 Å². The van der Waals surface area contributed by atoms with E-state index in [1.807, 2.05) is 24.5 Å². The molecule has 0 spiro atoms. The Balaban J connectivity index is 2.27. The average Bonchev–Trinajstić information content (AvgIpc) is 2.92. The molecule has 0 amide bonds. The molecular formula is C19H18N4O3. The van der Waals surface area contributed by atoms with Crippen LogP contribution >= 0.6 is 0 Å². The highest BCUT2D eigenvalue weighted by Gasteiger charge is 2.21. The number of carbonyl (C=O) groups is 1. The van der Waals surface area contributed by atoms with Crippen LogP contribution in [0, 0.1) is 6.92 Å². The van der Waals surface area contributed by atoms with E-state index in [0.717, 1.165) is 0 Å². The van der Waals surface area contributed by atoms with E-state index in [1.54, 1.807) is 31.3 Å². The summed E-state index contributed by atoms with van der Waals surface area (Å²) >= 11 is 0. The van der Waals surface area contributed by atoms with Crippen LogP contribution in [0.1, 0.15) is 32.6 Å². The van der Waals surface area contributed by atoms with E-state index in [2.05, 4.69) is 9.97 Å². The quantitative estimate of drug-likeness (QED) is 0.410. The number of nitrogens with zero attached hydrogens (tertiary/aromatic N) is 4. The van der Waals surface area contributed by atoms with Gasteiger partial charge in [0.2, 0.25) is 0 Å². The number of esters is 1. The zero-order valence-electron chi connectivity index (χ0n) is 15.0. The van der Waals surface area contributed by atoms with E-state index < -0.39 is 5.97 Å². The summed E-state index contributed by atoms with van der Waals surface area (Å²) < 4.78 is 8.80. The molecule has 0 aliphatic heterocycles. The first-order valence-electron chi connectivity index (χ1n) is 8.39. The van der Waals surface area contributed by atoms with Crippen molar-refractivity contribution >= 4 is 33.6 Å². The Kier molecular flexibility index (Phi) is 3.54. The largest absolute Gasteiger partial charge is 0.424 e. The molecular weight excluding hydrogens is 332 g/mol. The lowest BCUT2D eigenvalue weighted by Crippen LogP contribution is -2.19. The Morgan fingerprint density at radius 1 is 1.15 bits per heavy atom. The van der Waals surface area contributed by atoms with Crippen LogP contribution in [0.4, 0.5) is 0 Å². The second-order valence-electron chi connectivity index (χ2n) is 6.54. The van der Waals surface area contributed by atoms with Gasteiger partial charge in [-0.2, -0.15) is 0 Å². The Morgan fingerprint density at radius 3 is 2.58 bits per heavy atom. The first-order valence-corrected chi connectivity index (χ1v) is 8.39. The minimum Gasteiger partial charge on any atom is -0.424 e. The van der Waals surface area contributed by atoms with Gasteiger partial charge in [-0.05, 0) is 32.9 Å². The number of para-hydroxylation sites is 1.